The molecule has 0 aromatic heterocycles. The summed E-state index contributed by atoms with van der Waals surface area (Å²) < 4.78 is 10.9. The largest absolute Gasteiger partial charge is 0.494 e. The number of rotatable bonds is 6. The molecule has 144 valence electrons. The quantitative estimate of drug-likeness (QED) is 0.782. The van der Waals surface area contributed by atoms with Crippen LogP contribution in [0, 0.1) is 5.92 Å². The summed E-state index contributed by atoms with van der Waals surface area (Å²) in [7, 11) is 0. The highest BCUT2D eigenvalue weighted by Gasteiger charge is 2.29. The zero-order valence-corrected chi connectivity index (χ0v) is 16.2. The molecule has 0 N–H and O–H groups in total. The first kappa shape index (κ1) is 19.2. The highest BCUT2D eigenvalue weighted by molar-refractivity contribution is 5.78. The number of benzene rings is 1. The molecule has 2 aliphatic heterocycles. The topological polar surface area (TPSA) is 42.0 Å². The lowest BCUT2D eigenvalue weighted by Crippen LogP contribution is -2.49. The Hall–Kier alpha value is -1.59. The summed E-state index contributed by atoms with van der Waals surface area (Å²) in [5, 5.41) is 0. The van der Waals surface area contributed by atoms with E-state index in [4.69, 9.17) is 9.47 Å². The molecule has 0 aliphatic carbocycles. The fourth-order valence-electron chi connectivity index (χ4n) is 4.07. The predicted octanol–water partition coefficient (Wildman–Crippen LogP) is 2.59. The van der Waals surface area contributed by atoms with E-state index in [1.807, 2.05) is 36.1 Å². The molecule has 26 heavy (non-hydrogen) atoms. The molecule has 1 aromatic rings. The number of carbonyl (C=O) groups is 1. The fourth-order valence-corrected chi connectivity index (χ4v) is 4.07. The van der Waals surface area contributed by atoms with Crippen molar-refractivity contribution in [3.63, 3.8) is 0 Å². The molecular formula is C21H32N2O3. The third kappa shape index (κ3) is 4.98. The number of ether oxygens (including phenoxy) is 2. The minimum Gasteiger partial charge on any atom is -0.494 e. The maximum Gasteiger partial charge on any atom is 0.226 e. The van der Waals surface area contributed by atoms with Crippen LogP contribution in [0.4, 0.5) is 0 Å². The van der Waals surface area contributed by atoms with Gasteiger partial charge in [0.2, 0.25) is 5.91 Å². The summed E-state index contributed by atoms with van der Waals surface area (Å²) in [6, 6.07) is 8.47. The number of carbonyl (C=O) groups excluding carboxylic acids is 1. The van der Waals surface area contributed by atoms with E-state index in [1.54, 1.807) is 0 Å². The minimum atomic E-state index is 0.242. The lowest BCUT2D eigenvalue weighted by Gasteiger charge is -2.41. The Morgan fingerprint density at radius 2 is 1.81 bits per heavy atom. The van der Waals surface area contributed by atoms with Crippen molar-refractivity contribution in [2.24, 2.45) is 5.92 Å². The van der Waals surface area contributed by atoms with Crippen molar-refractivity contribution in [2.45, 2.75) is 39.2 Å². The second kappa shape index (κ2) is 9.38. The first-order chi connectivity index (χ1) is 12.7. The lowest BCUT2D eigenvalue weighted by molar-refractivity contribution is -0.132. The molecule has 5 heteroatoms. The molecule has 0 radical (unpaired) electrons. The van der Waals surface area contributed by atoms with Crippen molar-refractivity contribution in [2.75, 3.05) is 46.0 Å². The van der Waals surface area contributed by atoms with E-state index in [9.17, 15) is 4.79 Å². The lowest BCUT2D eigenvalue weighted by atomic mass is 9.89. The van der Waals surface area contributed by atoms with E-state index in [2.05, 4.69) is 11.8 Å². The van der Waals surface area contributed by atoms with Gasteiger partial charge in [0.15, 0.2) is 0 Å². The number of amides is 1. The average Bonchev–Trinajstić information content (AvgIpc) is 2.70. The molecular weight excluding hydrogens is 328 g/mol. The van der Waals surface area contributed by atoms with Gasteiger partial charge in [-0.3, -0.25) is 9.69 Å². The summed E-state index contributed by atoms with van der Waals surface area (Å²) in [4.78, 5) is 17.2. The Labute approximate surface area is 157 Å². The van der Waals surface area contributed by atoms with Crippen LogP contribution < -0.4 is 4.74 Å². The zero-order valence-electron chi connectivity index (χ0n) is 16.2. The molecule has 1 aromatic carbocycles. The van der Waals surface area contributed by atoms with E-state index in [1.165, 1.54) is 0 Å². The van der Waals surface area contributed by atoms with Crippen LogP contribution >= 0.6 is 0 Å². The van der Waals surface area contributed by atoms with Gasteiger partial charge in [0, 0.05) is 32.2 Å². The molecule has 2 heterocycles. The van der Waals surface area contributed by atoms with E-state index in [0.717, 1.165) is 63.5 Å². The number of hydrogen-bond donors (Lipinski definition) is 0. The normalized spacial score (nSPS) is 20.8. The van der Waals surface area contributed by atoms with Crippen molar-refractivity contribution in [1.82, 2.24) is 9.80 Å². The van der Waals surface area contributed by atoms with Crippen LogP contribution in [0.3, 0.4) is 0 Å². The zero-order chi connectivity index (χ0) is 18.4. The van der Waals surface area contributed by atoms with Gasteiger partial charge in [0.25, 0.3) is 0 Å². The van der Waals surface area contributed by atoms with Crippen LogP contribution in [0.15, 0.2) is 24.3 Å². The molecule has 5 nitrogen and oxygen atoms in total. The Kier molecular flexibility index (Phi) is 6.92. The van der Waals surface area contributed by atoms with E-state index in [0.29, 0.717) is 25.0 Å². The SMILES string of the molecule is CCOc1ccc(CC(=O)N2CCC(C(C)N3CCOCC3)CC2)cc1. The van der Waals surface area contributed by atoms with Gasteiger partial charge in [-0.25, -0.2) is 0 Å². The minimum absolute atomic E-state index is 0.242. The van der Waals surface area contributed by atoms with Gasteiger partial charge in [-0.1, -0.05) is 12.1 Å². The van der Waals surface area contributed by atoms with E-state index < -0.39 is 0 Å². The maximum absolute atomic E-state index is 12.6. The van der Waals surface area contributed by atoms with Gasteiger partial charge >= 0.3 is 0 Å². The number of morpholine rings is 1. The van der Waals surface area contributed by atoms with Crippen molar-refractivity contribution >= 4 is 5.91 Å². The Balaban J connectivity index is 1.45. The van der Waals surface area contributed by atoms with Crippen molar-refractivity contribution in [1.29, 1.82) is 0 Å². The monoisotopic (exact) mass is 360 g/mol. The molecule has 2 fully saturated rings. The van der Waals surface area contributed by atoms with Crippen molar-refractivity contribution in [3.05, 3.63) is 29.8 Å². The number of piperidine rings is 1. The Morgan fingerprint density at radius 3 is 2.42 bits per heavy atom. The molecule has 1 amide bonds. The van der Waals surface area contributed by atoms with Gasteiger partial charge in [-0.05, 0) is 50.3 Å². The Bertz CT molecular complexity index is 561. The van der Waals surface area contributed by atoms with E-state index >= 15 is 0 Å². The summed E-state index contributed by atoms with van der Waals surface area (Å²) >= 11 is 0. The second-order valence-electron chi connectivity index (χ2n) is 7.36. The van der Waals surface area contributed by atoms with Crippen molar-refractivity contribution in [3.8, 4) is 5.75 Å². The molecule has 1 unspecified atom stereocenters. The van der Waals surface area contributed by atoms with Gasteiger partial charge in [0.1, 0.15) is 5.75 Å². The summed E-state index contributed by atoms with van der Waals surface area (Å²) in [6.45, 7) is 10.5. The van der Waals surface area contributed by atoms with Crippen LogP contribution in [-0.2, 0) is 16.0 Å². The third-order valence-electron chi connectivity index (χ3n) is 5.79. The summed E-state index contributed by atoms with van der Waals surface area (Å²) in [6.07, 6.45) is 2.69. The van der Waals surface area contributed by atoms with Gasteiger partial charge in [-0.2, -0.15) is 0 Å². The highest BCUT2D eigenvalue weighted by Crippen LogP contribution is 2.25. The fraction of sp³-hybridized carbons (Fsp3) is 0.667. The number of likely N-dealkylation sites (tertiary alicyclic amines) is 1. The van der Waals surface area contributed by atoms with Gasteiger partial charge in [-0.15, -0.1) is 0 Å². The molecule has 0 saturated carbocycles. The van der Waals surface area contributed by atoms with Crippen LogP contribution in [0.1, 0.15) is 32.3 Å². The first-order valence-corrected chi connectivity index (χ1v) is 9.98. The highest BCUT2D eigenvalue weighted by atomic mass is 16.5. The number of nitrogens with zero attached hydrogens (tertiary/aromatic N) is 2. The number of hydrogen-bond acceptors (Lipinski definition) is 4. The van der Waals surface area contributed by atoms with Crippen LogP contribution in [0.25, 0.3) is 0 Å². The van der Waals surface area contributed by atoms with Gasteiger partial charge in [0.05, 0.1) is 26.2 Å². The molecule has 1 atom stereocenters. The standard InChI is InChI=1S/C21H32N2O3/c1-3-26-20-6-4-18(5-7-20)16-21(24)23-10-8-19(9-11-23)17(2)22-12-14-25-15-13-22/h4-7,17,19H,3,8-16H2,1-2H3. The second-order valence-corrected chi connectivity index (χ2v) is 7.36. The average molecular weight is 360 g/mol. The third-order valence-corrected chi connectivity index (χ3v) is 5.79. The maximum atomic E-state index is 12.6. The molecule has 0 bridgehead atoms. The summed E-state index contributed by atoms with van der Waals surface area (Å²) in [5.41, 5.74) is 1.06. The van der Waals surface area contributed by atoms with Crippen LogP contribution in [0.2, 0.25) is 0 Å². The predicted molar refractivity (Wildman–Crippen MR) is 102 cm³/mol. The Morgan fingerprint density at radius 1 is 1.15 bits per heavy atom. The van der Waals surface area contributed by atoms with E-state index in [-0.39, 0.29) is 5.91 Å². The molecule has 0 spiro atoms. The van der Waals surface area contributed by atoms with Crippen LogP contribution in [-0.4, -0.2) is 67.7 Å². The molecule has 2 aliphatic rings. The smallest absolute Gasteiger partial charge is 0.226 e. The first-order valence-electron chi connectivity index (χ1n) is 9.98. The van der Waals surface area contributed by atoms with Crippen molar-refractivity contribution < 1.29 is 14.3 Å². The van der Waals surface area contributed by atoms with Crippen LogP contribution in [0.5, 0.6) is 5.75 Å². The summed E-state index contributed by atoms with van der Waals surface area (Å²) in [5.74, 6) is 1.79. The van der Waals surface area contributed by atoms with Gasteiger partial charge < -0.3 is 14.4 Å². The molecule has 3 rings (SSSR count). The molecule has 2 saturated heterocycles.